The predicted molar refractivity (Wildman–Crippen MR) is 72.9 cm³/mol. The molecule has 2 bridgehead atoms. The average molecular weight is 246 g/mol. The standard InChI is InChI=1S/C14H22N4/c1-9-10(2)16-14(8-15-9)18(3)13-6-11-4-5-12(7-13)17-11/h8,11-13,17H,4-7H2,1-3H3. The summed E-state index contributed by atoms with van der Waals surface area (Å²) < 4.78 is 0. The lowest BCUT2D eigenvalue weighted by Gasteiger charge is -2.36. The van der Waals surface area contributed by atoms with Crippen LogP contribution in [0.3, 0.4) is 0 Å². The number of nitrogens with one attached hydrogen (secondary N) is 1. The Morgan fingerprint density at radius 2 is 1.83 bits per heavy atom. The Labute approximate surface area is 109 Å². The lowest BCUT2D eigenvalue weighted by Crippen LogP contribution is -2.47. The molecule has 1 aromatic heterocycles. The van der Waals surface area contributed by atoms with Crippen LogP contribution in [0.5, 0.6) is 0 Å². The van der Waals surface area contributed by atoms with Gasteiger partial charge in [0.1, 0.15) is 5.82 Å². The van der Waals surface area contributed by atoms with Crippen LogP contribution in [0.1, 0.15) is 37.1 Å². The van der Waals surface area contributed by atoms with Gasteiger partial charge in [0, 0.05) is 25.2 Å². The van der Waals surface area contributed by atoms with Crippen LogP contribution in [0.2, 0.25) is 0 Å². The van der Waals surface area contributed by atoms with Crippen molar-refractivity contribution in [2.24, 2.45) is 0 Å². The van der Waals surface area contributed by atoms with Crippen LogP contribution < -0.4 is 10.2 Å². The van der Waals surface area contributed by atoms with Crippen molar-refractivity contribution in [3.8, 4) is 0 Å². The van der Waals surface area contributed by atoms with Crippen LogP contribution in [0.4, 0.5) is 5.82 Å². The molecule has 0 saturated carbocycles. The fraction of sp³-hybridized carbons (Fsp3) is 0.714. The van der Waals surface area contributed by atoms with Crippen LogP contribution in [0, 0.1) is 13.8 Å². The summed E-state index contributed by atoms with van der Waals surface area (Å²) in [4.78, 5) is 11.4. The van der Waals surface area contributed by atoms with Crippen LogP contribution in [0.15, 0.2) is 6.20 Å². The second kappa shape index (κ2) is 4.50. The van der Waals surface area contributed by atoms with E-state index in [0.717, 1.165) is 29.3 Å². The monoisotopic (exact) mass is 246 g/mol. The van der Waals surface area contributed by atoms with E-state index in [1.54, 1.807) is 0 Å². The first kappa shape index (κ1) is 11.9. The number of anilines is 1. The van der Waals surface area contributed by atoms with E-state index in [1.165, 1.54) is 25.7 Å². The number of nitrogens with zero attached hydrogens (tertiary/aromatic N) is 3. The number of hydrogen-bond acceptors (Lipinski definition) is 4. The van der Waals surface area contributed by atoms with Gasteiger partial charge in [0.2, 0.25) is 0 Å². The molecule has 0 amide bonds. The number of aryl methyl sites for hydroxylation is 2. The molecule has 2 atom stereocenters. The summed E-state index contributed by atoms with van der Waals surface area (Å²) in [7, 11) is 2.16. The molecule has 18 heavy (non-hydrogen) atoms. The van der Waals surface area contributed by atoms with Gasteiger partial charge >= 0.3 is 0 Å². The molecule has 2 aliphatic heterocycles. The first-order valence-electron chi connectivity index (χ1n) is 6.92. The van der Waals surface area contributed by atoms with Gasteiger partial charge in [-0.05, 0) is 39.5 Å². The Morgan fingerprint density at radius 1 is 1.17 bits per heavy atom. The summed E-state index contributed by atoms with van der Waals surface area (Å²) in [5.74, 6) is 1.02. The van der Waals surface area contributed by atoms with E-state index in [1.807, 2.05) is 20.0 Å². The van der Waals surface area contributed by atoms with Gasteiger partial charge in [0.15, 0.2) is 0 Å². The molecule has 4 nitrogen and oxygen atoms in total. The molecule has 2 fully saturated rings. The summed E-state index contributed by atoms with van der Waals surface area (Å²) in [6.07, 6.45) is 7.07. The van der Waals surface area contributed by atoms with Gasteiger partial charge in [0.05, 0.1) is 17.6 Å². The van der Waals surface area contributed by atoms with Gasteiger partial charge in [-0.2, -0.15) is 0 Å². The van der Waals surface area contributed by atoms with Gasteiger partial charge < -0.3 is 10.2 Å². The summed E-state index contributed by atoms with van der Waals surface area (Å²) in [5.41, 5.74) is 2.06. The Morgan fingerprint density at radius 3 is 2.44 bits per heavy atom. The molecule has 1 N–H and O–H groups in total. The third-order valence-electron chi connectivity index (χ3n) is 4.54. The van der Waals surface area contributed by atoms with Crippen molar-refractivity contribution in [1.29, 1.82) is 0 Å². The summed E-state index contributed by atoms with van der Waals surface area (Å²) in [5, 5.41) is 3.68. The zero-order valence-corrected chi connectivity index (χ0v) is 11.5. The summed E-state index contributed by atoms with van der Waals surface area (Å²) >= 11 is 0. The molecule has 3 heterocycles. The van der Waals surface area contributed by atoms with Crippen molar-refractivity contribution < 1.29 is 0 Å². The van der Waals surface area contributed by atoms with Gasteiger partial charge in [-0.15, -0.1) is 0 Å². The number of fused-ring (bicyclic) bond motifs is 2. The highest BCUT2D eigenvalue weighted by Crippen LogP contribution is 2.30. The van der Waals surface area contributed by atoms with Crippen molar-refractivity contribution in [3.63, 3.8) is 0 Å². The maximum atomic E-state index is 4.66. The third kappa shape index (κ3) is 2.09. The largest absolute Gasteiger partial charge is 0.355 e. The molecular weight excluding hydrogens is 224 g/mol. The summed E-state index contributed by atoms with van der Waals surface area (Å²) in [6, 6.07) is 2.05. The smallest absolute Gasteiger partial charge is 0.147 e. The van der Waals surface area contributed by atoms with Crippen LogP contribution >= 0.6 is 0 Å². The number of aromatic nitrogens is 2. The number of hydrogen-bond donors (Lipinski definition) is 1. The molecule has 0 aliphatic carbocycles. The van der Waals surface area contributed by atoms with Crippen molar-refractivity contribution in [3.05, 3.63) is 17.6 Å². The minimum Gasteiger partial charge on any atom is -0.355 e. The molecule has 0 aromatic carbocycles. The van der Waals surface area contributed by atoms with E-state index in [-0.39, 0.29) is 0 Å². The fourth-order valence-electron chi connectivity index (χ4n) is 3.23. The van der Waals surface area contributed by atoms with Crippen molar-refractivity contribution in [2.45, 2.75) is 57.7 Å². The maximum absolute atomic E-state index is 4.66. The highest BCUT2D eigenvalue weighted by atomic mass is 15.2. The van der Waals surface area contributed by atoms with E-state index in [9.17, 15) is 0 Å². The molecule has 98 valence electrons. The Bertz CT molecular complexity index is 433. The second-order valence-corrected chi connectivity index (χ2v) is 5.77. The summed E-state index contributed by atoms with van der Waals surface area (Å²) in [6.45, 7) is 4.04. The Balaban J connectivity index is 1.77. The molecule has 3 rings (SSSR count). The molecule has 2 saturated heterocycles. The number of piperidine rings is 1. The van der Waals surface area contributed by atoms with Crippen LogP contribution in [-0.2, 0) is 0 Å². The molecule has 2 aliphatic rings. The zero-order valence-electron chi connectivity index (χ0n) is 11.5. The van der Waals surface area contributed by atoms with E-state index >= 15 is 0 Å². The van der Waals surface area contributed by atoms with E-state index in [4.69, 9.17) is 0 Å². The number of rotatable bonds is 2. The van der Waals surface area contributed by atoms with Gasteiger partial charge in [-0.25, -0.2) is 4.98 Å². The molecular formula is C14H22N4. The predicted octanol–water partition coefficient (Wildman–Crippen LogP) is 1.81. The highest BCUT2D eigenvalue weighted by molar-refractivity contribution is 5.38. The van der Waals surface area contributed by atoms with Gasteiger partial charge in [-0.1, -0.05) is 0 Å². The topological polar surface area (TPSA) is 41.1 Å². The second-order valence-electron chi connectivity index (χ2n) is 5.77. The fourth-order valence-corrected chi connectivity index (χ4v) is 3.23. The van der Waals surface area contributed by atoms with Gasteiger partial charge in [0.25, 0.3) is 0 Å². The first-order chi connectivity index (χ1) is 8.63. The van der Waals surface area contributed by atoms with Crippen LogP contribution in [0.25, 0.3) is 0 Å². The SMILES string of the molecule is Cc1ncc(N(C)C2CC3CCC(C2)N3)nc1C. The van der Waals surface area contributed by atoms with E-state index < -0.39 is 0 Å². The van der Waals surface area contributed by atoms with Crippen molar-refractivity contribution in [1.82, 2.24) is 15.3 Å². The van der Waals surface area contributed by atoms with E-state index in [2.05, 4.69) is 27.2 Å². The average Bonchev–Trinajstić information content (AvgIpc) is 2.71. The minimum absolute atomic E-state index is 0.611. The quantitative estimate of drug-likeness (QED) is 0.864. The third-order valence-corrected chi connectivity index (χ3v) is 4.54. The van der Waals surface area contributed by atoms with Gasteiger partial charge in [-0.3, -0.25) is 4.98 Å². The maximum Gasteiger partial charge on any atom is 0.147 e. The van der Waals surface area contributed by atoms with E-state index in [0.29, 0.717) is 6.04 Å². The molecule has 2 unspecified atom stereocenters. The Hall–Kier alpha value is -1.16. The minimum atomic E-state index is 0.611. The van der Waals surface area contributed by atoms with Crippen molar-refractivity contribution in [2.75, 3.05) is 11.9 Å². The first-order valence-corrected chi connectivity index (χ1v) is 6.92. The lowest BCUT2D eigenvalue weighted by atomic mass is 9.98. The molecule has 0 radical (unpaired) electrons. The van der Waals surface area contributed by atoms with Crippen molar-refractivity contribution >= 4 is 5.82 Å². The normalized spacial score (nSPS) is 30.5. The highest BCUT2D eigenvalue weighted by Gasteiger charge is 2.35. The Kier molecular flexibility index (Phi) is 2.98. The molecule has 1 aromatic rings. The lowest BCUT2D eigenvalue weighted by molar-refractivity contribution is 0.353. The zero-order chi connectivity index (χ0) is 12.7. The van der Waals surface area contributed by atoms with Crippen LogP contribution in [-0.4, -0.2) is 35.1 Å². The molecule has 4 heteroatoms. The molecule has 0 spiro atoms.